The first kappa shape index (κ1) is 28.6. The summed E-state index contributed by atoms with van der Waals surface area (Å²) in [5.74, 6) is -0.858. The number of aryl methyl sites for hydroxylation is 1. The average Bonchev–Trinajstić information content (AvgIpc) is 3.57. The lowest BCUT2D eigenvalue weighted by atomic mass is 10.1. The summed E-state index contributed by atoms with van der Waals surface area (Å²) in [6, 6.07) is 10.4. The van der Waals surface area contributed by atoms with Crippen LogP contribution in [0.15, 0.2) is 48.7 Å². The number of anilines is 1. The van der Waals surface area contributed by atoms with E-state index in [1.807, 2.05) is 0 Å². The zero-order chi connectivity index (χ0) is 28.6. The number of hydrogen-bond donors (Lipinski definition) is 2. The maximum absolute atomic E-state index is 13.6. The Bertz CT molecular complexity index is 1510. The molecular weight excluding hydrogens is 548 g/mol. The molecule has 0 aliphatic rings. The molecule has 0 aliphatic heterocycles. The Morgan fingerprint density at radius 2 is 1.90 bits per heavy atom. The molecule has 0 aliphatic carbocycles. The molecule has 2 aromatic carbocycles. The fraction of sp³-hybridized carbons (Fsp3) is 0.269. The van der Waals surface area contributed by atoms with Crippen molar-refractivity contribution in [3.8, 4) is 17.1 Å². The number of ether oxygens (including phenoxy) is 2. The Hall–Kier alpha value is -4.36. The van der Waals surface area contributed by atoms with Gasteiger partial charge in [-0.2, -0.15) is 5.10 Å². The molecule has 0 fully saturated rings. The summed E-state index contributed by atoms with van der Waals surface area (Å²) in [5, 5.41) is 17.7. The molecule has 0 saturated carbocycles. The molecule has 0 atom stereocenters. The Kier molecular flexibility index (Phi) is 9.40. The third-order valence-corrected chi connectivity index (χ3v) is 5.75. The van der Waals surface area contributed by atoms with Crippen LogP contribution >= 0.6 is 11.6 Å². The number of carbonyl (C=O) groups is 2. The van der Waals surface area contributed by atoms with Crippen LogP contribution < -0.4 is 15.4 Å². The minimum absolute atomic E-state index is 0.0208. The summed E-state index contributed by atoms with van der Waals surface area (Å²) in [6.07, 6.45) is 1.39. The maximum Gasteiger partial charge on any atom is 0.279 e. The predicted octanol–water partition coefficient (Wildman–Crippen LogP) is 3.92. The standard InChI is InChI=1S/C26H26ClF2N7O4/c1-3-30-25(37)17-4-7-22(23(13-17)40-11-10-39-9-8-28)35-15-21(32-34-35)26(38)31-24-12-16(2)33-36(24)18-5-6-20(29)19(27)14-18/h4-7,12-15H,3,8-11H2,1-2H3,(H,30,37)(H,31,38). The second-order valence-electron chi connectivity index (χ2n) is 8.38. The molecule has 0 unspecified atom stereocenters. The Morgan fingerprint density at radius 3 is 2.65 bits per heavy atom. The number of aromatic nitrogens is 5. The third kappa shape index (κ3) is 6.79. The number of halogens is 3. The molecule has 210 valence electrons. The van der Waals surface area contributed by atoms with Crippen LogP contribution in [0, 0.1) is 12.7 Å². The van der Waals surface area contributed by atoms with Crippen LogP contribution in [-0.4, -0.2) is 69.6 Å². The van der Waals surface area contributed by atoms with Crippen LogP contribution in [0.1, 0.15) is 33.5 Å². The minimum atomic E-state index is -0.611. The van der Waals surface area contributed by atoms with Gasteiger partial charge in [-0.05, 0) is 50.2 Å². The largest absolute Gasteiger partial charge is 0.489 e. The lowest BCUT2D eigenvalue weighted by molar-refractivity contribution is 0.0894. The molecule has 2 amide bonds. The molecule has 0 spiro atoms. The Balaban J connectivity index is 1.56. The zero-order valence-electron chi connectivity index (χ0n) is 21.7. The summed E-state index contributed by atoms with van der Waals surface area (Å²) >= 11 is 5.92. The SMILES string of the molecule is CCNC(=O)c1ccc(-n2cc(C(=O)Nc3cc(C)nn3-c3ccc(F)c(Cl)c3)nn2)c(OCCOCCF)c1. The highest BCUT2D eigenvalue weighted by Gasteiger charge is 2.19. The number of carbonyl (C=O) groups excluding carboxylic acids is 2. The minimum Gasteiger partial charge on any atom is -0.489 e. The van der Waals surface area contributed by atoms with E-state index in [2.05, 4.69) is 26.0 Å². The molecule has 2 aromatic heterocycles. The molecular formula is C26H26ClF2N7O4. The van der Waals surface area contributed by atoms with Crippen molar-refractivity contribution in [2.24, 2.45) is 0 Å². The van der Waals surface area contributed by atoms with Gasteiger partial charge in [-0.25, -0.2) is 18.1 Å². The smallest absolute Gasteiger partial charge is 0.279 e. The van der Waals surface area contributed by atoms with Crippen LogP contribution in [0.5, 0.6) is 5.75 Å². The van der Waals surface area contributed by atoms with Crippen molar-refractivity contribution in [3.63, 3.8) is 0 Å². The van der Waals surface area contributed by atoms with E-state index in [0.29, 0.717) is 35.0 Å². The summed E-state index contributed by atoms with van der Waals surface area (Å²) in [5.41, 5.74) is 1.79. The highest BCUT2D eigenvalue weighted by Crippen LogP contribution is 2.25. The third-order valence-electron chi connectivity index (χ3n) is 5.46. The first-order valence-electron chi connectivity index (χ1n) is 12.3. The number of nitrogens with one attached hydrogen (secondary N) is 2. The van der Waals surface area contributed by atoms with Gasteiger partial charge in [-0.3, -0.25) is 9.59 Å². The molecule has 4 aromatic rings. The number of nitrogens with zero attached hydrogens (tertiary/aromatic N) is 5. The Morgan fingerprint density at radius 1 is 1.07 bits per heavy atom. The highest BCUT2D eigenvalue weighted by molar-refractivity contribution is 6.30. The quantitative estimate of drug-likeness (QED) is 0.246. The van der Waals surface area contributed by atoms with Crippen molar-refractivity contribution in [2.45, 2.75) is 13.8 Å². The van der Waals surface area contributed by atoms with E-state index in [0.717, 1.165) is 0 Å². The Labute approximate surface area is 233 Å². The molecule has 0 bridgehead atoms. The van der Waals surface area contributed by atoms with E-state index < -0.39 is 18.4 Å². The van der Waals surface area contributed by atoms with Crippen LogP contribution in [0.2, 0.25) is 5.02 Å². The fourth-order valence-electron chi connectivity index (χ4n) is 3.66. The first-order valence-corrected chi connectivity index (χ1v) is 12.6. The normalized spacial score (nSPS) is 10.9. The summed E-state index contributed by atoms with van der Waals surface area (Å²) in [4.78, 5) is 25.4. The van der Waals surface area contributed by atoms with Gasteiger partial charge in [0, 0.05) is 18.2 Å². The van der Waals surface area contributed by atoms with Crippen molar-refractivity contribution in [2.75, 3.05) is 38.4 Å². The number of hydrogen-bond acceptors (Lipinski definition) is 7. The van der Waals surface area contributed by atoms with Crippen LogP contribution in [-0.2, 0) is 4.74 Å². The van der Waals surface area contributed by atoms with E-state index in [9.17, 15) is 18.4 Å². The summed E-state index contributed by atoms with van der Waals surface area (Å²) in [6.45, 7) is 3.54. The maximum atomic E-state index is 13.6. The van der Waals surface area contributed by atoms with Crippen molar-refractivity contribution in [1.82, 2.24) is 30.1 Å². The lowest BCUT2D eigenvalue weighted by Crippen LogP contribution is -2.22. The zero-order valence-corrected chi connectivity index (χ0v) is 22.4. The highest BCUT2D eigenvalue weighted by atomic mass is 35.5. The van der Waals surface area contributed by atoms with Crippen LogP contribution in [0.4, 0.5) is 14.6 Å². The number of benzene rings is 2. The molecule has 14 heteroatoms. The van der Waals surface area contributed by atoms with Gasteiger partial charge in [0.05, 0.1) is 35.8 Å². The molecule has 0 saturated heterocycles. The summed E-state index contributed by atoms with van der Waals surface area (Å²) in [7, 11) is 0. The topological polar surface area (TPSA) is 125 Å². The monoisotopic (exact) mass is 573 g/mol. The number of amides is 2. The number of alkyl halides is 1. The van der Waals surface area contributed by atoms with Crippen molar-refractivity contribution < 1.29 is 27.8 Å². The van der Waals surface area contributed by atoms with Crippen molar-refractivity contribution in [1.29, 1.82) is 0 Å². The molecule has 2 N–H and O–H groups in total. The molecule has 11 nitrogen and oxygen atoms in total. The van der Waals surface area contributed by atoms with Crippen molar-refractivity contribution in [3.05, 3.63) is 76.5 Å². The van der Waals surface area contributed by atoms with Gasteiger partial charge in [-0.1, -0.05) is 16.8 Å². The molecule has 4 rings (SSSR count). The van der Waals surface area contributed by atoms with Gasteiger partial charge in [0.2, 0.25) is 0 Å². The van der Waals surface area contributed by atoms with E-state index >= 15 is 0 Å². The van der Waals surface area contributed by atoms with Gasteiger partial charge in [0.25, 0.3) is 11.8 Å². The van der Waals surface area contributed by atoms with Crippen LogP contribution in [0.25, 0.3) is 11.4 Å². The van der Waals surface area contributed by atoms with Gasteiger partial charge in [-0.15, -0.1) is 5.10 Å². The number of rotatable bonds is 12. The van der Waals surface area contributed by atoms with E-state index in [4.69, 9.17) is 21.1 Å². The van der Waals surface area contributed by atoms with E-state index in [-0.39, 0.29) is 42.2 Å². The van der Waals surface area contributed by atoms with Crippen molar-refractivity contribution >= 4 is 29.2 Å². The summed E-state index contributed by atoms with van der Waals surface area (Å²) < 4.78 is 39.6. The average molecular weight is 574 g/mol. The molecule has 0 radical (unpaired) electrons. The van der Waals surface area contributed by atoms with Gasteiger partial charge in [0.1, 0.15) is 36.4 Å². The molecule has 40 heavy (non-hydrogen) atoms. The predicted molar refractivity (Wildman–Crippen MR) is 143 cm³/mol. The van der Waals surface area contributed by atoms with Gasteiger partial charge in [0.15, 0.2) is 5.69 Å². The second-order valence-corrected chi connectivity index (χ2v) is 8.78. The lowest BCUT2D eigenvalue weighted by Gasteiger charge is -2.13. The van der Waals surface area contributed by atoms with E-state index in [1.54, 1.807) is 32.0 Å². The van der Waals surface area contributed by atoms with Gasteiger partial charge < -0.3 is 20.1 Å². The first-order chi connectivity index (χ1) is 19.3. The second kappa shape index (κ2) is 13.1. The van der Waals surface area contributed by atoms with Crippen LogP contribution in [0.3, 0.4) is 0 Å². The fourth-order valence-corrected chi connectivity index (χ4v) is 3.83. The van der Waals surface area contributed by atoms with Gasteiger partial charge >= 0.3 is 0 Å². The van der Waals surface area contributed by atoms with E-state index in [1.165, 1.54) is 39.8 Å². The molecule has 2 heterocycles.